The highest BCUT2D eigenvalue weighted by Crippen LogP contribution is 2.25. The van der Waals surface area contributed by atoms with Crippen LogP contribution < -0.4 is 14.8 Å². The lowest BCUT2D eigenvalue weighted by Gasteiger charge is -2.36. The van der Waals surface area contributed by atoms with E-state index in [9.17, 15) is 0 Å². The fourth-order valence-corrected chi connectivity index (χ4v) is 3.56. The highest BCUT2D eigenvalue weighted by atomic mass is 127. The van der Waals surface area contributed by atoms with Gasteiger partial charge in [-0.05, 0) is 25.1 Å². The van der Waals surface area contributed by atoms with Crippen molar-refractivity contribution in [1.82, 2.24) is 25.3 Å². The SMILES string of the molecule is CCNC(=NCc1noc(C(C)(C)C)n1)N1CCN(Cc2cc(OC)ccc2OC)CC1.I. The summed E-state index contributed by atoms with van der Waals surface area (Å²) in [4.78, 5) is 13.9. The Kier molecular flexibility index (Phi) is 10.2. The predicted molar refractivity (Wildman–Crippen MR) is 140 cm³/mol. The summed E-state index contributed by atoms with van der Waals surface area (Å²) in [5, 5.41) is 7.47. The van der Waals surface area contributed by atoms with E-state index in [1.807, 2.05) is 18.2 Å². The first kappa shape index (κ1) is 27.2. The molecule has 0 bridgehead atoms. The molecule has 0 radical (unpaired) electrons. The van der Waals surface area contributed by atoms with E-state index in [-0.39, 0.29) is 29.4 Å². The van der Waals surface area contributed by atoms with Crippen molar-refractivity contribution in [2.24, 2.45) is 4.99 Å². The quantitative estimate of drug-likeness (QED) is 0.308. The number of guanidine groups is 1. The standard InChI is InChI=1S/C23H36N6O3.HI/c1-7-24-22(25-15-20-26-21(32-27-20)23(2,3)4)29-12-10-28(11-13-29)16-17-14-18(30-5)8-9-19(17)31-6;/h8-9,14H,7,10-13,15-16H2,1-6H3,(H,24,25);1H. The van der Waals surface area contributed by atoms with Gasteiger partial charge in [-0.25, -0.2) is 4.99 Å². The van der Waals surface area contributed by atoms with Gasteiger partial charge in [0.25, 0.3) is 0 Å². The zero-order valence-electron chi connectivity index (χ0n) is 20.6. The summed E-state index contributed by atoms with van der Waals surface area (Å²) in [5.74, 6) is 3.85. The summed E-state index contributed by atoms with van der Waals surface area (Å²) in [6.07, 6.45) is 0. The largest absolute Gasteiger partial charge is 0.497 e. The molecule has 1 saturated heterocycles. The second kappa shape index (κ2) is 12.4. The maximum atomic E-state index is 5.53. The van der Waals surface area contributed by atoms with Gasteiger partial charge in [0, 0.05) is 50.2 Å². The molecule has 0 spiro atoms. The summed E-state index contributed by atoms with van der Waals surface area (Å²) in [6.45, 7) is 13.9. The van der Waals surface area contributed by atoms with Gasteiger partial charge in [0.15, 0.2) is 11.8 Å². The lowest BCUT2D eigenvalue weighted by atomic mass is 9.97. The minimum atomic E-state index is -0.165. The third-order valence-corrected chi connectivity index (χ3v) is 5.37. The van der Waals surface area contributed by atoms with Crippen LogP contribution in [0.5, 0.6) is 11.5 Å². The molecule has 3 rings (SSSR count). The van der Waals surface area contributed by atoms with E-state index in [1.54, 1.807) is 14.2 Å². The van der Waals surface area contributed by atoms with Gasteiger partial charge in [-0.3, -0.25) is 4.90 Å². The number of hydrogen-bond donors (Lipinski definition) is 1. The lowest BCUT2D eigenvalue weighted by molar-refractivity contribution is 0.171. The van der Waals surface area contributed by atoms with Gasteiger partial charge < -0.3 is 24.2 Å². The van der Waals surface area contributed by atoms with E-state index >= 15 is 0 Å². The van der Waals surface area contributed by atoms with Crippen LogP contribution in [-0.2, 0) is 18.5 Å². The topological polar surface area (TPSA) is 88.2 Å². The molecule has 2 aromatic rings. The average molecular weight is 572 g/mol. The van der Waals surface area contributed by atoms with Crippen molar-refractivity contribution < 1.29 is 14.0 Å². The van der Waals surface area contributed by atoms with Crippen LogP contribution in [0.15, 0.2) is 27.7 Å². The Labute approximate surface area is 213 Å². The van der Waals surface area contributed by atoms with Gasteiger partial charge in [0.05, 0.1) is 14.2 Å². The molecule has 1 aliphatic rings. The van der Waals surface area contributed by atoms with Crippen molar-refractivity contribution in [3.8, 4) is 11.5 Å². The molecule has 10 heteroatoms. The number of piperazine rings is 1. The fourth-order valence-electron chi connectivity index (χ4n) is 3.56. The molecule has 1 aromatic heterocycles. The zero-order valence-corrected chi connectivity index (χ0v) is 22.9. The minimum Gasteiger partial charge on any atom is -0.497 e. The van der Waals surface area contributed by atoms with Crippen molar-refractivity contribution in [2.45, 2.75) is 46.2 Å². The monoisotopic (exact) mass is 572 g/mol. The number of nitrogens with one attached hydrogen (secondary N) is 1. The third-order valence-electron chi connectivity index (χ3n) is 5.37. The second-order valence-electron chi connectivity index (χ2n) is 8.88. The predicted octanol–water partition coefficient (Wildman–Crippen LogP) is 3.29. The van der Waals surface area contributed by atoms with Crippen LogP contribution in [0.3, 0.4) is 0 Å². The molecule has 0 unspecified atom stereocenters. The van der Waals surface area contributed by atoms with Crippen LogP contribution in [0.25, 0.3) is 0 Å². The number of halogens is 1. The number of rotatable bonds is 7. The Balaban J connectivity index is 0.00000385. The molecule has 0 atom stereocenters. The zero-order chi connectivity index (χ0) is 23.1. The number of aliphatic imine (C=N–C) groups is 1. The summed E-state index contributed by atoms with van der Waals surface area (Å²) in [7, 11) is 3.39. The Bertz CT molecular complexity index is 904. The molecule has 184 valence electrons. The van der Waals surface area contributed by atoms with Crippen molar-refractivity contribution in [1.29, 1.82) is 0 Å². The summed E-state index contributed by atoms with van der Waals surface area (Å²) >= 11 is 0. The van der Waals surface area contributed by atoms with E-state index in [0.29, 0.717) is 18.3 Å². The molecule has 1 N–H and O–H groups in total. The molecule has 1 aromatic carbocycles. The maximum Gasteiger partial charge on any atom is 0.232 e. The van der Waals surface area contributed by atoms with Crippen LogP contribution in [0.4, 0.5) is 0 Å². The highest BCUT2D eigenvalue weighted by Gasteiger charge is 2.23. The van der Waals surface area contributed by atoms with Crippen LogP contribution in [0.2, 0.25) is 0 Å². The van der Waals surface area contributed by atoms with Crippen molar-refractivity contribution in [3.05, 3.63) is 35.5 Å². The van der Waals surface area contributed by atoms with Gasteiger partial charge in [0.2, 0.25) is 5.89 Å². The van der Waals surface area contributed by atoms with E-state index < -0.39 is 0 Å². The van der Waals surface area contributed by atoms with Gasteiger partial charge in [-0.1, -0.05) is 25.9 Å². The fraction of sp³-hybridized carbons (Fsp3) is 0.609. The first-order valence-electron chi connectivity index (χ1n) is 11.1. The van der Waals surface area contributed by atoms with E-state index in [4.69, 9.17) is 19.0 Å². The Hall–Kier alpha value is -2.08. The van der Waals surface area contributed by atoms with Gasteiger partial charge >= 0.3 is 0 Å². The number of nitrogens with zero attached hydrogens (tertiary/aromatic N) is 5. The lowest BCUT2D eigenvalue weighted by Crippen LogP contribution is -2.52. The number of ether oxygens (including phenoxy) is 2. The summed E-state index contributed by atoms with van der Waals surface area (Å²) in [6, 6.07) is 5.93. The molecule has 2 heterocycles. The summed E-state index contributed by atoms with van der Waals surface area (Å²) < 4.78 is 16.3. The van der Waals surface area contributed by atoms with Gasteiger partial charge in [-0.15, -0.1) is 24.0 Å². The van der Waals surface area contributed by atoms with Gasteiger partial charge in [-0.2, -0.15) is 4.98 Å². The second-order valence-corrected chi connectivity index (χ2v) is 8.88. The maximum absolute atomic E-state index is 5.53. The van der Waals surface area contributed by atoms with Crippen LogP contribution in [0.1, 0.15) is 45.0 Å². The Morgan fingerprint density at radius 3 is 2.45 bits per heavy atom. The van der Waals surface area contributed by atoms with Crippen molar-refractivity contribution in [2.75, 3.05) is 46.9 Å². The highest BCUT2D eigenvalue weighted by molar-refractivity contribution is 14.0. The number of hydrogen-bond acceptors (Lipinski definition) is 7. The molecule has 0 saturated carbocycles. The van der Waals surface area contributed by atoms with Crippen LogP contribution in [0, 0.1) is 0 Å². The number of benzene rings is 1. The van der Waals surface area contributed by atoms with Crippen molar-refractivity contribution >= 4 is 29.9 Å². The smallest absolute Gasteiger partial charge is 0.232 e. The van der Waals surface area contributed by atoms with Crippen LogP contribution in [-0.4, -0.2) is 72.8 Å². The molecule has 1 fully saturated rings. The van der Waals surface area contributed by atoms with Gasteiger partial charge in [0.1, 0.15) is 18.0 Å². The molecular formula is C23H37IN6O3. The van der Waals surface area contributed by atoms with E-state index in [1.165, 1.54) is 0 Å². The number of aromatic nitrogens is 2. The molecule has 33 heavy (non-hydrogen) atoms. The summed E-state index contributed by atoms with van der Waals surface area (Å²) in [5.41, 5.74) is 0.967. The normalized spacial score (nSPS) is 15.2. The molecule has 0 aliphatic carbocycles. The molecule has 9 nitrogen and oxygen atoms in total. The Morgan fingerprint density at radius 2 is 1.88 bits per heavy atom. The third kappa shape index (κ3) is 7.46. The minimum absolute atomic E-state index is 0. The molecule has 1 aliphatic heterocycles. The average Bonchev–Trinajstić information content (AvgIpc) is 3.27. The van der Waals surface area contributed by atoms with Crippen LogP contribution >= 0.6 is 24.0 Å². The first-order valence-corrected chi connectivity index (χ1v) is 11.1. The molecule has 0 amide bonds. The number of methoxy groups -OCH3 is 2. The molecular weight excluding hydrogens is 535 g/mol. The van der Waals surface area contributed by atoms with E-state index in [2.05, 4.69) is 53.0 Å². The first-order chi connectivity index (χ1) is 15.3. The Morgan fingerprint density at radius 1 is 1.15 bits per heavy atom. The van der Waals surface area contributed by atoms with E-state index in [0.717, 1.165) is 62.3 Å². The van der Waals surface area contributed by atoms with Crippen molar-refractivity contribution in [3.63, 3.8) is 0 Å².